The summed E-state index contributed by atoms with van der Waals surface area (Å²) in [5, 5.41) is 10.6. The van der Waals surface area contributed by atoms with E-state index in [-0.39, 0.29) is 25.7 Å². The number of carbonyl (C=O) groups is 4. The molecule has 0 aromatic heterocycles. The van der Waals surface area contributed by atoms with Gasteiger partial charge in [-0.05, 0) is 37.5 Å². The van der Waals surface area contributed by atoms with Gasteiger partial charge in [-0.2, -0.15) is 0 Å². The van der Waals surface area contributed by atoms with Crippen LogP contribution >= 0.6 is 15.6 Å². The third-order valence-electron chi connectivity index (χ3n) is 18.7. The van der Waals surface area contributed by atoms with Crippen molar-refractivity contribution in [1.82, 2.24) is 0 Å². The normalized spacial score (nSPS) is 14.6. The average Bonchev–Trinajstić information content (AvgIpc) is 1.70. The van der Waals surface area contributed by atoms with Crippen molar-refractivity contribution < 1.29 is 80.2 Å². The van der Waals surface area contributed by atoms with Crippen molar-refractivity contribution in [3.8, 4) is 0 Å². The lowest BCUT2D eigenvalue weighted by Crippen LogP contribution is -2.30. The maximum Gasteiger partial charge on any atom is 0.472 e. The summed E-state index contributed by atoms with van der Waals surface area (Å²) in [5.74, 6) is -0.451. The molecule has 0 saturated carbocycles. The summed E-state index contributed by atoms with van der Waals surface area (Å²) in [6.07, 6.45) is 57.2. The molecule has 0 heterocycles. The number of ether oxygens (including phenoxy) is 4. The summed E-state index contributed by atoms with van der Waals surface area (Å²) in [5.41, 5.74) is 0. The van der Waals surface area contributed by atoms with Gasteiger partial charge in [-0.25, -0.2) is 9.13 Å². The summed E-state index contributed by atoms with van der Waals surface area (Å²) < 4.78 is 68.3. The average molecular weight is 1410 g/mol. The van der Waals surface area contributed by atoms with Crippen LogP contribution in [0.2, 0.25) is 0 Å². The number of aliphatic hydroxyl groups is 1. The van der Waals surface area contributed by atoms with E-state index in [2.05, 4.69) is 41.5 Å². The molecule has 0 rings (SSSR count). The standard InChI is InChI=1S/C77H150O17P2/c1-7-11-13-15-16-17-18-19-24-28-31-37-42-48-54-60-75(80)88-66-73(94-77(82)61-55-49-43-38-32-29-26-23-21-20-22-25-27-30-35-40-46-51-57-69(5)9-3)68-92-96(85,86)90-64-71(78)63-89-95(83,84)91-67-72(65-87-74(79)59-53-45-14-12-8-2)93-76(81)62-56-50-44-39-34-33-36-41-47-52-58-70(6)10-4/h69-73,78H,7-68H2,1-6H3,(H,83,84)(H,85,86)/t69?,70?,71-,72+,73+/m0/s1. The molecule has 3 N–H and O–H groups in total. The molecule has 570 valence electrons. The van der Waals surface area contributed by atoms with Gasteiger partial charge in [0.25, 0.3) is 0 Å². The number of unbranched alkanes of at least 4 members (excludes halogenated alkanes) is 44. The highest BCUT2D eigenvalue weighted by Crippen LogP contribution is 2.45. The lowest BCUT2D eigenvalue weighted by molar-refractivity contribution is -0.161. The maximum atomic E-state index is 13.1. The third-order valence-corrected chi connectivity index (χ3v) is 20.6. The van der Waals surface area contributed by atoms with Gasteiger partial charge < -0.3 is 33.8 Å². The Hall–Kier alpha value is -1.94. The van der Waals surface area contributed by atoms with E-state index in [0.29, 0.717) is 25.7 Å². The zero-order chi connectivity index (χ0) is 70.7. The molecule has 7 atom stereocenters. The van der Waals surface area contributed by atoms with E-state index >= 15 is 0 Å². The number of carbonyl (C=O) groups excluding carboxylic acids is 4. The van der Waals surface area contributed by atoms with E-state index in [1.54, 1.807) is 0 Å². The van der Waals surface area contributed by atoms with Crippen LogP contribution < -0.4 is 0 Å². The van der Waals surface area contributed by atoms with Crippen molar-refractivity contribution in [3.63, 3.8) is 0 Å². The molecule has 0 bridgehead atoms. The van der Waals surface area contributed by atoms with Crippen LogP contribution in [0, 0.1) is 11.8 Å². The number of phosphoric ester groups is 2. The molecule has 0 spiro atoms. The summed E-state index contributed by atoms with van der Waals surface area (Å²) in [7, 11) is -9.90. The minimum Gasteiger partial charge on any atom is -0.462 e. The Morgan fingerprint density at radius 1 is 0.292 bits per heavy atom. The van der Waals surface area contributed by atoms with Crippen molar-refractivity contribution >= 4 is 39.5 Å². The maximum absolute atomic E-state index is 13.1. The molecule has 17 nitrogen and oxygen atoms in total. The van der Waals surface area contributed by atoms with E-state index in [1.165, 1.54) is 212 Å². The molecule has 0 fully saturated rings. The van der Waals surface area contributed by atoms with E-state index in [9.17, 15) is 43.2 Å². The van der Waals surface area contributed by atoms with Crippen molar-refractivity contribution in [2.45, 2.75) is 419 Å². The summed E-state index contributed by atoms with van der Waals surface area (Å²) in [4.78, 5) is 72.5. The number of hydrogen-bond acceptors (Lipinski definition) is 15. The first-order valence-electron chi connectivity index (χ1n) is 40.1. The molecule has 0 saturated heterocycles. The number of rotatable bonds is 76. The largest absolute Gasteiger partial charge is 0.472 e. The summed E-state index contributed by atoms with van der Waals surface area (Å²) in [6, 6.07) is 0. The van der Waals surface area contributed by atoms with Crippen LogP contribution in [-0.2, 0) is 65.4 Å². The highest BCUT2D eigenvalue weighted by molar-refractivity contribution is 7.47. The Morgan fingerprint density at radius 3 is 0.740 bits per heavy atom. The number of phosphoric acid groups is 2. The summed E-state index contributed by atoms with van der Waals surface area (Å²) in [6.45, 7) is 9.60. The second-order valence-corrected chi connectivity index (χ2v) is 31.1. The molecule has 0 amide bonds. The zero-order valence-corrected chi connectivity index (χ0v) is 64.5. The lowest BCUT2D eigenvalue weighted by atomic mass is 9.99. The lowest BCUT2D eigenvalue weighted by Gasteiger charge is -2.21. The SMILES string of the molecule is CCCCCCCCCCCCCCCCCC(=O)OC[C@H](COP(=O)(O)OC[C@@H](O)COP(=O)(O)OC[C@@H](COC(=O)CCCCCCC)OC(=O)CCCCCCCCCCCCC(C)CC)OC(=O)CCCCCCCCCCCCCCCCCCCCC(C)CC. The van der Waals surface area contributed by atoms with Crippen molar-refractivity contribution in [3.05, 3.63) is 0 Å². The van der Waals surface area contributed by atoms with Crippen LogP contribution in [0.25, 0.3) is 0 Å². The summed E-state index contributed by atoms with van der Waals surface area (Å²) >= 11 is 0. The van der Waals surface area contributed by atoms with Crippen molar-refractivity contribution in [2.24, 2.45) is 11.8 Å². The molecule has 96 heavy (non-hydrogen) atoms. The number of aliphatic hydroxyl groups excluding tert-OH is 1. The quantitative estimate of drug-likeness (QED) is 0.0222. The van der Waals surface area contributed by atoms with Crippen LogP contribution in [0.1, 0.15) is 401 Å². The van der Waals surface area contributed by atoms with Crippen LogP contribution in [0.15, 0.2) is 0 Å². The molecule has 0 aromatic carbocycles. The fourth-order valence-electron chi connectivity index (χ4n) is 11.8. The fraction of sp³-hybridized carbons (Fsp3) is 0.948. The van der Waals surface area contributed by atoms with Gasteiger partial charge in [0.2, 0.25) is 0 Å². The van der Waals surface area contributed by atoms with Gasteiger partial charge in [0.05, 0.1) is 26.4 Å². The van der Waals surface area contributed by atoms with Gasteiger partial charge in [-0.1, -0.05) is 350 Å². The predicted octanol–water partition coefficient (Wildman–Crippen LogP) is 22.7. The molecular formula is C77H150O17P2. The van der Waals surface area contributed by atoms with Gasteiger partial charge in [0, 0.05) is 25.7 Å². The highest BCUT2D eigenvalue weighted by Gasteiger charge is 2.30. The second-order valence-electron chi connectivity index (χ2n) is 28.2. The predicted molar refractivity (Wildman–Crippen MR) is 391 cm³/mol. The van der Waals surface area contributed by atoms with Gasteiger partial charge >= 0.3 is 39.5 Å². The Labute approximate surface area is 588 Å². The zero-order valence-electron chi connectivity index (χ0n) is 62.7. The first kappa shape index (κ1) is 94.1. The van der Waals surface area contributed by atoms with E-state index in [1.807, 2.05) is 0 Å². The number of esters is 4. The number of hydrogen-bond donors (Lipinski definition) is 3. The third kappa shape index (κ3) is 67.9. The monoisotopic (exact) mass is 1410 g/mol. The molecule has 0 aliphatic heterocycles. The van der Waals surface area contributed by atoms with Gasteiger partial charge in [0.15, 0.2) is 12.2 Å². The van der Waals surface area contributed by atoms with Crippen LogP contribution in [0.3, 0.4) is 0 Å². The first-order valence-corrected chi connectivity index (χ1v) is 43.1. The molecule has 0 aromatic rings. The van der Waals surface area contributed by atoms with E-state index in [0.717, 1.165) is 108 Å². The molecule has 0 aliphatic carbocycles. The highest BCUT2D eigenvalue weighted by atomic mass is 31.2. The minimum absolute atomic E-state index is 0.105. The van der Waals surface area contributed by atoms with Gasteiger partial charge in [0.1, 0.15) is 19.3 Å². The van der Waals surface area contributed by atoms with Gasteiger partial charge in [-0.15, -0.1) is 0 Å². The Balaban J connectivity index is 5.12. The minimum atomic E-state index is -4.96. The molecule has 0 aliphatic rings. The van der Waals surface area contributed by atoms with Crippen molar-refractivity contribution in [2.75, 3.05) is 39.6 Å². The Morgan fingerprint density at radius 2 is 0.500 bits per heavy atom. The molecular weight excluding hydrogens is 1260 g/mol. The first-order chi connectivity index (χ1) is 46.4. The van der Waals surface area contributed by atoms with Crippen LogP contribution in [0.4, 0.5) is 0 Å². The van der Waals surface area contributed by atoms with Crippen LogP contribution in [-0.4, -0.2) is 96.7 Å². The topological polar surface area (TPSA) is 237 Å². The second kappa shape index (κ2) is 68.8. The van der Waals surface area contributed by atoms with Crippen LogP contribution in [0.5, 0.6) is 0 Å². The van der Waals surface area contributed by atoms with Crippen molar-refractivity contribution in [1.29, 1.82) is 0 Å². The van der Waals surface area contributed by atoms with E-state index < -0.39 is 97.5 Å². The van der Waals surface area contributed by atoms with E-state index in [4.69, 9.17) is 37.0 Å². The molecule has 19 heteroatoms. The molecule has 0 radical (unpaired) electrons. The Kier molecular flexibility index (Phi) is 67.4. The van der Waals surface area contributed by atoms with Gasteiger partial charge in [-0.3, -0.25) is 37.3 Å². The fourth-order valence-corrected chi connectivity index (χ4v) is 13.3. The smallest absolute Gasteiger partial charge is 0.462 e. The molecule has 4 unspecified atom stereocenters. The Bertz CT molecular complexity index is 1860.